The Morgan fingerprint density at radius 1 is 1.42 bits per heavy atom. The molecule has 2 heterocycles. The number of likely N-dealkylation sites (tertiary alicyclic amines) is 1. The van der Waals surface area contributed by atoms with Crippen LogP contribution in [0.15, 0.2) is 18.2 Å². The van der Waals surface area contributed by atoms with Gasteiger partial charge in [0.15, 0.2) is 0 Å². The molecule has 1 N–H and O–H groups in total. The third-order valence-corrected chi connectivity index (χ3v) is 4.49. The normalized spacial score (nSPS) is 30.7. The number of hydrogen-bond donors (Lipinski definition) is 1. The van der Waals surface area contributed by atoms with Crippen molar-refractivity contribution in [3.05, 3.63) is 29.3 Å². The highest BCUT2D eigenvalue weighted by molar-refractivity contribution is 5.41. The van der Waals surface area contributed by atoms with Gasteiger partial charge in [-0.2, -0.15) is 0 Å². The maximum Gasteiger partial charge on any atom is 0.126 e. The summed E-state index contributed by atoms with van der Waals surface area (Å²) in [5.74, 6) is 0.870. The molecule has 0 saturated carbocycles. The Bertz CT molecular complexity index is 486. The molecule has 3 rings (SSSR count). The first-order valence-electron chi connectivity index (χ1n) is 7.21. The summed E-state index contributed by atoms with van der Waals surface area (Å²) in [6, 6.07) is 6.65. The fraction of sp³-hybridized carbons (Fsp3) is 0.625. The zero-order valence-corrected chi connectivity index (χ0v) is 12.0. The highest BCUT2D eigenvalue weighted by atomic mass is 16.5. The predicted molar refractivity (Wildman–Crippen MR) is 75.4 cm³/mol. The minimum Gasteiger partial charge on any atom is -0.485 e. The van der Waals surface area contributed by atoms with Gasteiger partial charge in [0.05, 0.1) is 6.10 Å². The Kier molecular flexibility index (Phi) is 3.06. The molecule has 19 heavy (non-hydrogen) atoms. The molecule has 1 spiro atoms. The molecule has 0 amide bonds. The molecule has 2 unspecified atom stereocenters. The van der Waals surface area contributed by atoms with Crippen molar-refractivity contribution in [3.63, 3.8) is 0 Å². The number of aliphatic hydroxyl groups is 1. The Labute approximate surface area is 115 Å². The second-order valence-electron chi connectivity index (χ2n) is 6.36. The predicted octanol–water partition coefficient (Wildman–Crippen LogP) is 2.66. The summed E-state index contributed by atoms with van der Waals surface area (Å²) < 4.78 is 6.28. The number of ether oxygens (including phenoxy) is 1. The van der Waals surface area contributed by atoms with Crippen molar-refractivity contribution in [2.75, 3.05) is 13.1 Å². The quantitative estimate of drug-likeness (QED) is 0.843. The first kappa shape index (κ1) is 12.9. The molecule has 1 aromatic rings. The van der Waals surface area contributed by atoms with Crippen molar-refractivity contribution in [1.29, 1.82) is 0 Å². The van der Waals surface area contributed by atoms with Crippen molar-refractivity contribution in [2.45, 2.75) is 51.4 Å². The van der Waals surface area contributed by atoms with E-state index in [9.17, 15) is 5.11 Å². The summed E-state index contributed by atoms with van der Waals surface area (Å²) in [5.41, 5.74) is 1.94. The van der Waals surface area contributed by atoms with Gasteiger partial charge < -0.3 is 9.84 Å². The van der Waals surface area contributed by atoms with Gasteiger partial charge in [-0.1, -0.05) is 11.6 Å². The van der Waals surface area contributed by atoms with Crippen LogP contribution in [0.5, 0.6) is 5.75 Å². The second-order valence-corrected chi connectivity index (χ2v) is 6.36. The first-order valence-corrected chi connectivity index (χ1v) is 7.21. The smallest absolute Gasteiger partial charge is 0.126 e. The highest BCUT2D eigenvalue weighted by Gasteiger charge is 2.46. The molecule has 1 aromatic carbocycles. The SMILES string of the molecule is Cc1ccc2c(c1)C(O)CC1(CCN(C(C)C)C1)O2. The largest absolute Gasteiger partial charge is 0.485 e. The van der Waals surface area contributed by atoms with Gasteiger partial charge in [-0.3, -0.25) is 4.90 Å². The summed E-state index contributed by atoms with van der Waals surface area (Å²) in [7, 11) is 0. The van der Waals surface area contributed by atoms with Crippen LogP contribution in [-0.2, 0) is 0 Å². The molecule has 1 fully saturated rings. The molecule has 2 aliphatic rings. The molecule has 0 bridgehead atoms. The number of aryl methyl sites for hydroxylation is 1. The van der Waals surface area contributed by atoms with E-state index in [-0.39, 0.29) is 5.60 Å². The molecular formula is C16H23NO2. The van der Waals surface area contributed by atoms with Gasteiger partial charge in [-0.25, -0.2) is 0 Å². The van der Waals surface area contributed by atoms with E-state index < -0.39 is 6.10 Å². The van der Waals surface area contributed by atoms with Crippen LogP contribution >= 0.6 is 0 Å². The molecule has 0 radical (unpaired) electrons. The van der Waals surface area contributed by atoms with Gasteiger partial charge in [-0.15, -0.1) is 0 Å². The lowest BCUT2D eigenvalue weighted by atomic mass is 9.87. The Morgan fingerprint density at radius 2 is 2.21 bits per heavy atom. The molecular weight excluding hydrogens is 238 g/mol. The third-order valence-electron chi connectivity index (χ3n) is 4.49. The average Bonchev–Trinajstić information content (AvgIpc) is 2.74. The fourth-order valence-corrected chi connectivity index (χ4v) is 3.32. The zero-order chi connectivity index (χ0) is 13.6. The van der Waals surface area contributed by atoms with Crippen LogP contribution in [0.25, 0.3) is 0 Å². The molecule has 0 aliphatic carbocycles. The Morgan fingerprint density at radius 3 is 2.89 bits per heavy atom. The lowest BCUT2D eigenvalue weighted by Gasteiger charge is -2.38. The molecule has 3 nitrogen and oxygen atoms in total. The van der Waals surface area contributed by atoms with Gasteiger partial charge in [-0.05, 0) is 32.9 Å². The summed E-state index contributed by atoms with van der Waals surface area (Å²) in [6.07, 6.45) is 1.33. The lowest BCUT2D eigenvalue weighted by molar-refractivity contribution is -0.00892. The molecule has 3 heteroatoms. The minimum absolute atomic E-state index is 0.189. The van der Waals surface area contributed by atoms with E-state index in [0.717, 1.165) is 30.8 Å². The maximum absolute atomic E-state index is 10.4. The maximum atomic E-state index is 10.4. The molecule has 0 aromatic heterocycles. The van der Waals surface area contributed by atoms with E-state index >= 15 is 0 Å². The standard InChI is InChI=1S/C16H23NO2/c1-11(2)17-7-6-16(10-17)9-14(18)13-8-12(3)4-5-15(13)19-16/h4-5,8,11,14,18H,6-7,9-10H2,1-3H3. The summed E-state index contributed by atoms with van der Waals surface area (Å²) in [5, 5.41) is 10.4. The summed E-state index contributed by atoms with van der Waals surface area (Å²) in [4.78, 5) is 2.44. The van der Waals surface area contributed by atoms with Gasteiger partial charge >= 0.3 is 0 Å². The van der Waals surface area contributed by atoms with Gasteiger partial charge in [0.25, 0.3) is 0 Å². The monoisotopic (exact) mass is 261 g/mol. The topological polar surface area (TPSA) is 32.7 Å². The third kappa shape index (κ3) is 2.26. The van der Waals surface area contributed by atoms with E-state index in [1.54, 1.807) is 0 Å². The zero-order valence-electron chi connectivity index (χ0n) is 12.0. The highest BCUT2D eigenvalue weighted by Crippen LogP contribution is 2.44. The summed E-state index contributed by atoms with van der Waals surface area (Å²) >= 11 is 0. The number of aliphatic hydroxyl groups excluding tert-OH is 1. The van der Waals surface area contributed by atoms with Crippen LogP contribution in [0.4, 0.5) is 0 Å². The molecule has 104 valence electrons. The van der Waals surface area contributed by atoms with E-state index in [2.05, 4.69) is 24.8 Å². The Balaban J connectivity index is 1.87. The summed E-state index contributed by atoms with van der Waals surface area (Å²) in [6.45, 7) is 8.47. The lowest BCUT2D eigenvalue weighted by Crippen LogP contribution is -2.44. The van der Waals surface area contributed by atoms with Crippen LogP contribution in [0.2, 0.25) is 0 Å². The van der Waals surface area contributed by atoms with E-state index in [1.807, 2.05) is 19.1 Å². The minimum atomic E-state index is -0.393. The van der Waals surface area contributed by atoms with Crippen LogP contribution in [0.1, 0.15) is 43.9 Å². The van der Waals surface area contributed by atoms with Gasteiger partial charge in [0.2, 0.25) is 0 Å². The first-order chi connectivity index (χ1) is 8.99. The second kappa shape index (κ2) is 4.50. The van der Waals surface area contributed by atoms with Crippen molar-refractivity contribution < 1.29 is 9.84 Å². The van der Waals surface area contributed by atoms with Crippen molar-refractivity contribution in [1.82, 2.24) is 4.90 Å². The average molecular weight is 261 g/mol. The van der Waals surface area contributed by atoms with Crippen LogP contribution in [0.3, 0.4) is 0 Å². The fourth-order valence-electron chi connectivity index (χ4n) is 3.32. The van der Waals surface area contributed by atoms with Gasteiger partial charge in [0, 0.05) is 37.5 Å². The van der Waals surface area contributed by atoms with E-state index in [4.69, 9.17) is 4.74 Å². The van der Waals surface area contributed by atoms with Crippen molar-refractivity contribution >= 4 is 0 Å². The van der Waals surface area contributed by atoms with Crippen LogP contribution < -0.4 is 4.74 Å². The van der Waals surface area contributed by atoms with Crippen molar-refractivity contribution in [2.24, 2.45) is 0 Å². The van der Waals surface area contributed by atoms with Crippen LogP contribution in [0, 0.1) is 6.92 Å². The number of rotatable bonds is 1. The molecule has 1 saturated heterocycles. The van der Waals surface area contributed by atoms with Gasteiger partial charge in [0.1, 0.15) is 11.4 Å². The number of fused-ring (bicyclic) bond motifs is 1. The van der Waals surface area contributed by atoms with E-state index in [1.165, 1.54) is 5.56 Å². The number of hydrogen-bond acceptors (Lipinski definition) is 3. The molecule has 2 atom stereocenters. The number of nitrogens with zero attached hydrogens (tertiary/aromatic N) is 1. The Hall–Kier alpha value is -1.06. The van der Waals surface area contributed by atoms with Crippen molar-refractivity contribution in [3.8, 4) is 5.75 Å². The van der Waals surface area contributed by atoms with Crippen LogP contribution in [-0.4, -0.2) is 34.7 Å². The number of benzene rings is 1. The van der Waals surface area contributed by atoms with E-state index in [0.29, 0.717) is 12.5 Å². The molecule has 2 aliphatic heterocycles.